The summed E-state index contributed by atoms with van der Waals surface area (Å²) in [6.45, 7) is 2.24. The van der Waals surface area contributed by atoms with Crippen LogP contribution < -0.4 is 11.3 Å². The van der Waals surface area contributed by atoms with E-state index in [1.807, 2.05) is 0 Å². The molecule has 1 aromatic heterocycles. The van der Waals surface area contributed by atoms with E-state index in [2.05, 4.69) is 22.3 Å². The quantitative estimate of drug-likeness (QED) is 0.658. The predicted molar refractivity (Wildman–Crippen MR) is 90.1 cm³/mol. The third kappa shape index (κ3) is 2.08. The molecule has 2 aliphatic heterocycles. The molecule has 3 heterocycles. The van der Waals surface area contributed by atoms with Crippen LogP contribution in [0.3, 0.4) is 0 Å². The zero-order valence-corrected chi connectivity index (χ0v) is 13.6. The third-order valence-electron chi connectivity index (χ3n) is 4.82. The Labute approximate surface area is 134 Å². The van der Waals surface area contributed by atoms with Crippen molar-refractivity contribution in [3.05, 3.63) is 23.2 Å². The number of dihydropyridines is 1. The molecule has 5 nitrogen and oxygen atoms in total. The fourth-order valence-electron chi connectivity index (χ4n) is 3.82. The summed E-state index contributed by atoms with van der Waals surface area (Å²) in [5.41, 5.74) is 8.29. The highest BCUT2D eigenvalue weighted by molar-refractivity contribution is 8.00. The summed E-state index contributed by atoms with van der Waals surface area (Å²) in [4.78, 5) is 15.0. The molecule has 0 bridgehead atoms. The van der Waals surface area contributed by atoms with Crippen LogP contribution in [0.15, 0.2) is 27.4 Å². The van der Waals surface area contributed by atoms with Crippen LogP contribution in [0.25, 0.3) is 0 Å². The normalized spacial score (nSPS) is 25.6. The highest BCUT2D eigenvalue weighted by Crippen LogP contribution is 2.55. The van der Waals surface area contributed by atoms with Crippen LogP contribution >= 0.6 is 11.8 Å². The van der Waals surface area contributed by atoms with Gasteiger partial charge < -0.3 is 5.43 Å². The molecule has 0 fully saturated rings. The first kappa shape index (κ1) is 14.2. The lowest BCUT2D eigenvalue weighted by molar-refractivity contribution is 0.694. The third-order valence-corrected chi connectivity index (χ3v) is 6.08. The van der Waals surface area contributed by atoms with Gasteiger partial charge in [-0.1, -0.05) is 30.7 Å². The number of allylic oxidation sites excluding steroid dienone is 1. The molecular formula is C16H21N5S. The van der Waals surface area contributed by atoms with E-state index >= 15 is 0 Å². The lowest BCUT2D eigenvalue weighted by Crippen LogP contribution is -2.21. The summed E-state index contributed by atoms with van der Waals surface area (Å²) in [6, 6.07) is 0. The van der Waals surface area contributed by atoms with Crippen molar-refractivity contribution in [3.8, 4) is 0 Å². The molecule has 0 spiro atoms. The molecule has 4 rings (SSSR count). The minimum atomic E-state index is 0.225. The zero-order valence-electron chi connectivity index (χ0n) is 12.8. The summed E-state index contributed by atoms with van der Waals surface area (Å²) in [7, 11) is 0. The van der Waals surface area contributed by atoms with E-state index < -0.39 is 0 Å². The molecule has 0 aromatic carbocycles. The van der Waals surface area contributed by atoms with Crippen LogP contribution in [0.5, 0.6) is 0 Å². The van der Waals surface area contributed by atoms with Crippen LogP contribution in [-0.4, -0.2) is 21.1 Å². The van der Waals surface area contributed by atoms with Crippen LogP contribution in [0.1, 0.15) is 57.1 Å². The number of hydrogen-bond acceptors (Lipinski definition) is 6. The van der Waals surface area contributed by atoms with Crippen molar-refractivity contribution in [1.82, 2.24) is 9.97 Å². The standard InChI is InChI=1S/C16H21N5S/c1-2-3-7-11-9-5-4-6-10(9)12-13-14(22-16(12)20-11)15(21-17)19-8-18-13/h8,12,16H,2-7,17H2,1H3,(H,18,19,21)/t12-,16+/m1/s1. The highest BCUT2D eigenvalue weighted by atomic mass is 32.2. The largest absolute Gasteiger partial charge is 0.307 e. The lowest BCUT2D eigenvalue weighted by atomic mass is 9.87. The number of nitrogens with zero attached hydrogens (tertiary/aromatic N) is 3. The predicted octanol–water partition coefficient (Wildman–Crippen LogP) is 3.40. The van der Waals surface area contributed by atoms with E-state index in [1.165, 1.54) is 43.4 Å². The van der Waals surface area contributed by atoms with Gasteiger partial charge in [0.15, 0.2) is 5.82 Å². The van der Waals surface area contributed by atoms with Gasteiger partial charge in [-0.05, 0) is 37.7 Å². The molecule has 0 amide bonds. The van der Waals surface area contributed by atoms with Crippen molar-refractivity contribution in [2.75, 3.05) is 5.43 Å². The first-order valence-corrected chi connectivity index (χ1v) is 8.98. The molecule has 0 radical (unpaired) electrons. The van der Waals surface area contributed by atoms with Crippen molar-refractivity contribution in [2.45, 2.75) is 61.6 Å². The number of thioether (sulfide) groups is 1. The summed E-state index contributed by atoms with van der Waals surface area (Å²) in [6.07, 6.45) is 8.80. The number of nitrogen functional groups attached to an aromatic ring is 1. The second-order valence-corrected chi connectivity index (χ2v) is 7.23. The smallest absolute Gasteiger partial charge is 0.157 e. The molecule has 3 aliphatic rings. The fraction of sp³-hybridized carbons (Fsp3) is 0.562. The number of hydrazine groups is 1. The first-order chi connectivity index (χ1) is 10.8. The number of hydrogen-bond donors (Lipinski definition) is 2. The molecule has 6 heteroatoms. The van der Waals surface area contributed by atoms with Crippen LogP contribution in [0.4, 0.5) is 5.82 Å². The number of fused-ring (bicyclic) bond motifs is 4. The Balaban J connectivity index is 1.76. The number of unbranched alkanes of at least 4 members (excludes halogenated alkanes) is 1. The van der Waals surface area contributed by atoms with Crippen LogP contribution in [-0.2, 0) is 0 Å². The Morgan fingerprint density at radius 3 is 3.09 bits per heavy atom. The topological polar surface area (TPSA) is 76.2 Å². The Bertz CT molecular complexity index is 667. The number of aliphatic imine (C=N–C) groups is 1. The van der Waals surface area contributed by atoms with Gasteiger partial charge in [-0.15, -0.1) is 0 Å². The van der Waals surface area contributed by atoms with E-state index in [-0.39, 0.29) is 5.37 Å². The van der Waals surface area contributed by atoms with Gasteiger partial charge in [0.1, 0.15) is 11.7 Å². The van der Waals surface area contributed by atoms with Crippen LogP contribution in [0.2, 0.25) is 0 Å². The molecule has 116 valence electrons. The van der Waals surface area contributed by atoms with E-state index in [0.29, 0.717) is 5.92 Å². The maximum absolute atomic E-state index is 5.61. The van der Waals surface area contributed by atoms with Gasteiger partial charge in [-0.3, -0.25) is 4.99 Å². The number of nitrogens with two attached hydrogens (primary N) is 1. The van der Waals surface area contributed by atoms with Gasteiger partial charge in [0.2, 0.25) is 0 Å². The molecule has 1 aromatic rings. The van der Waals surface area contributed by atoms with E-state index in [1.54, 1.807) is 23.7 Å². The van der Waals surface area contributed by atoms with Crippen molar-refractivity contribution in [1.29, 1.82) is 0 Å². The second-order valence-electron chi connectivity index (χ2n) is 6.10. The molecule has 0 saturated heterocycles. The minimum absolute atomic E-state index is 0.225. The summed E-state index contributed by atoms with van der Waals surface area (Å²) in [5, 5.41) is 0.225. The van der Waals surface area contributed by atoms with Gasteiger partial charge >= 0.3 is 0 Å². The van der Waals surface area contributed by atoms with E-state index in [9.17, 15) is 0 Å². The molecule has 3 N–H and O–H groups in total. The Morgan fingerprint density at radius 2 is 2.27 bits per heavy atom. The number of aromatic nitrogens is 2. The number of nitrogens with one attached hydrogen (secondary N) is 1. The average Bonchev–Trinajstić information content (AvgIpc) is 3.15. The van der Waals surface area contributed by atoms with Gasteiger partial charge in [0.25, 0.3) is 0 Å². The Hall–Kier alpha value is -1.40. The Kier molecular flexibility index (Phi) is 3.66. The molecule has 22 heavy (non-hydrogen) atoms. The number of rotatable bonds is 4. The molecule has 0 saturated carbocycles. The van der Waals surface area contributed by atoms with Crippen molar-refractivity contribution in [3.63, 3.8) is 0 Å². The monoisotopic (exact) mass is 315 g/mol. The minimum Gasteiger partial charge on any atom is -0.307 e. The highest BCUT2D eigenvalue weighted by Gasteiger charge is 2.43. The molecular weight excluding hydrogens is 294 g/mol. The summed E-state index contributed by atoms with van der Waals surface area (Å²) >= 11 is 1.77. The van der Waals surface area contributed by atoms with Gasteiger partial charge in [-0.25, -0.2) is 15.8 Å². The maximum Gasteiger partial charge on any atom is 0.157 e. The van der Waals surface area contributed by atoms with E-state index in [0.717, 1.165) is 22.8 Å². The Morgan fingerprint density at radius 1 is 1.36 bits per heavy atom. The maximum atomic E-state index is 5.61. The van der Waals surface area contributed by atoms with Crippen molar-refractivity contribution in [2.24, 2.45) is 10.8 Å². The van der Waals surface area contributed by atoms with Gasteiger partial charge in [0.05, 0.1) is 16.5 Å². The van der Waals surface area contributed by atoms with Crippen molar-refractivity contribution >= 4 is 23.3 Å². The fourth-order valence-corrected chi connectivity index (χ4v) is 5.20. The first-order valence-electron chi connectivity index (χ1n) is 8.10. The van der Waals surface area contributed by atoms with Gasteiger partial charge in [0, 0.05) is 5.71 Å². The SMILES string of the molecule is CCCCC1=N[C@H]2Sc3c(NN)ncnc3[C@H]2C2=C1CCC2. The molecule has 1 aliphatic carbocycles. The summed E-state index contributed by atoms with van der Waals surface area (Å²) in [5.74, 6) is 6.67. The van der Waals surface area contributed by atoms with Gasteiger partial charge in [-0.2, -0.15) is 0 Å². The zero-order chi connectivity index (χ0) is 15.1. The van der Waals surface area contributed by atoms with Crippen LogP contribution in [0, 0.1) is 0 Å². The number of anilines is 1. The van der Waals surface area contributed by atoms with E-state index in [4.69, 9.17) is 10.8 Å². The lowest BCUT2D eigenvalue weighted by Gasteiger charge is -2.26. The summed E-state index contributed by atoms with van der Waals surface area (Å²) < 4.78 is 0. The average molecular weight is 315 g/mol. The molecule has 0 unspecified atom stereocenters. The second kappa shape index (κ2) is 5.66. The van der Waals surface area contributed by atoms with Crippen molar-refractivity contribution < 1.29 is 0 Å². The molecule has 2 atom stereocenters.